The highest BCUT2D eigenvalue weighted by Gasteiger charge is 2.24. The number of fused-ring (bicyclic) bond motifs is 1. The lowest BCUT2D eigenvalue weighted by molar-refractivity contribution is 0.146. The maximum atomic E-state index is 11.3. The lowest BCUT2D eigenvalue weighted by atomic mass is 9.94. The number of aryl methyl sites for hydroxylation is 1. The zero-order valence-corrected chi connectivity index (χ0v) is 8.79. The van der Waals surface area contributed by atoms with Crippen molar-refractivity contribution in [3.8, 4) is 0 Å². The number of hydrogen-bond acceptors (Lipinski definition) is 3. The van der Waals surface area contributed by atoms with Crippen molar-refractivity contribution in [1.29, 1.82) is 0 Å². The fourth-order valence-corrected chi connectivity index (χ4v) is 1.95. The second-order valence-electron chi connectivity index (χ2n) is 3.61. The first kappa shape index (κ1) is 10.1. The minimum atomic E-state index is -0.350. The molecular formula is C11H15NO3. The van der Waals surface area contributed by atoms with Gasteiger partial charge in [0.1, 0.15) is 5.76 Å². The molecule has 0 bridgehead atoms. The third kappa shape index (κ3) is 2.14. The van der Waals surface area contributed by atoms with Gasteiger partial charge in [-0.15, -0.1) is 0 Å². The molecule has 0 saturated heterocycles. The lowest BCUT2D eigenvalue weighted by Gasteiger charge is -2.22. The van der Waals surface area contributed by atoms with Gasteiger partial charge < -0.3 is 14.5 Å². The van der Waals surface area contributed by atoms with Crippen molar-refractivity contribution in [2.75, 3.05) is 6.61 Å². The molecule has 0 fully saturated rings. The Morgan fingerprint density at radius 3 is 3.40 bits per heavy atom. The molecule has 0 saturated carbocycles. The molecule has 1 aliphatic carbocycles. The predicted octanol–water partition coefficient (Wildman–Crippen LogP) is 2.40. The average Bonchev–Trinajstić information content (AvgIpc) is 2.67. The van der Waals surface area contributed by atoms with Crippen LogP contribution in [0.15, 0.2) is 16.7 Å². The van der Waals surface area contributed by atoms with Crippen molar-refractivity contribution in [2.45, 2.75) is 32.2 Å². The Labute approximate surface area is 88.6 Å². The van der Waals surface area contributed by atoms with E-state index in [9.17, 15) is 4.79 Å². The van der Waals surface area contributed by atoms with Crippen molar-refractivity contribution < 1.29 is 13.9 Å². The number of carbonyl (C=O) groups excluding carboxylic acids is 1. The zero-order valence-electron chi connectivity index (χ0n) is 8.79. The molecule has 0 aliphatic heterocycles. The van der Waals surface area contributed by atoms with E-state index in [1.165, 1.54) is 0 Å². The molecule has 4 nitrogen and oxygen atoms in total. The monoisotopic (exact) mass is 209 g/mol. The third-order valence-electron chi connectivity index (χ3n) is 2.62. The summed E-state index contributed by atoms with van der Waals surface area (Å²) in [5.74, 6) is 0.989. The second kappa shape index (κ2) is 4.38. The summed E-state index contributed by atoms with van der Waals surface area (Å²) in [6.45, 7) is 2.19. The zero-order chi connectivity index (χ0) is 10.7. The van der Waals surface area contributed by atoms with Gasteiger partial charge in [-0.25, -0.2) is 4.79 Å². The fourth-order valence-electron chi connectivity index (χ4n) is 1.95. The summed E-state index contributed by atoms with van der Waals surface area (Å²) in [7, 11) is 0. The van der Waals surface area contributed by atoms with Crippen LogP contribution in [-0.4, -0.2) is 12.7 Å². The molecule has 0 radical (unpaired) electrons. The summed E-state index contributed by atoms with van der Waals surface area (Å²) in [5.41, 5.74) is 1.09. The lowest BCUT2D eigenvalue weighted by Crippen LogP contribution is -2.30. The molecule has 1 aromatic rings. The van der Waals surface area contributed by atoms with E-state index in [2.05, 4.69) is 5.32 Å². The Morgan fingerprint density at radius 1 is 1.73 bits per heavy atom. The van der Waals surface area contributed by atoms with Crippen LogP contribution in [0, 0.1) is 0 Å². The molecule has 1 unspecified atom stereocenters. The molecule has 4 heteroatoms. The predicted molar refractivity (Wildman–Crippen MR) is 54.5 cm³/mol. The topological polar surface area (TPSA) is 51.5 Å². The minimum absolute atomic E-state index is 0.0477. The molecule has 82 valence electrons. The van der Waals surface area contributed by atoms with Gasteiger partial charge in [0.15, 0.2) is 0 Å². The van der Waals surface area contributed by atoms with E-state index in [-0.39, 0.29) is 12.1 Å². The molecule has 1 aromatic heterocycles. The van der Waals surface area contributed by atoms with Gasteiger partial charge in [0.25, 0.3) is 0 Å². The Balaban J connectivity index is 2.03. The second-order valence-corrected chi connectivity index (χ2v) is 3.61. The largest absolute Gasteiger partial charge is 0.469 e. The van der Waals surface area contributed by atoms with E-state index >= 15 is 0 Å². The van der Waals surface area contributed by atoms with Crippen LogP contribution in [0.4, 0.5) is 4.79 Å². The molecule has 1 N–H and O–H groups in total. The Morgan fingerprint density at radius 2 is 2.60 bits per heavy atom. The number of amides is 1. The van der Waals surface area contributed by atoms with Crippen LogP contribution in [0.3, 0.4) is 0 Å². The minimum Gasteiger partial charge on any atom is -0.469 e. The van der Waals surface area contributed by atoms with Crippen molar-refractivity contribution >= 4 is 6.09 Å². The number of alkyl carbamates (subject to hydrolysis) is 1. The first-order chi connectivity index (χ1) is 7.31. The Bertz CT molecular complexity index is 345. The van der Waals surface area contributed by atoms with E-state index in [0.717, 1.165) is 30.6 Å². The maximum Gasteiger partial charge on any atom is 0.407 e. The first-order valence-corrected chi connectivity index (χ1v) is 5.31. The molecular weight excluding hydrogens is 194 g/mol. The van der Waals surface area contributed by atoms with Crippen molar-refractivity contribution in [1.82, 2.24) is 5.32 Å². The number of nitrogens with one attached hydrogen (secondary N) is 1. The highest BCUT2D eigenvalue weighted by atomic mass is 16.5. The van der Waals surface area contributed by atoms with E-state index in [1.807, 2.05) is 6.07 Å². The number of carbonyl (C=O) groups is 1. The molecule has 1 aliphatic rings. The normalized spacial score (nSPS) is 19.4. The Kier molecular flexibility index (Phi) is 2.94. The van der Waals surface area contributed by atoms with Gasteiger partial charge in [-0.1, -0.05) is 0 Å². The van der Waals surface area contributed by atoms with E-state index in [1.54, 1.807) is 13.2 Å². The molecule has 15 heavy (non-hydrogen) atoms. The van der Waals surface area contributed by atoms with Crippen molar-refractivity contribution in [3.63, 3.8) is 0 Å². The number of hydrogen-bond donors (Lipinski definition) is 1. The van der Waals surface area contributed by atoms with Gasteiger partial charge in [0.05, 0.1) is 18.9 Å². The van der Waals surface area contributed by atoms with E-state index in [4.69, 9.17) is 9.15 Å². The third-order valence-corrected chi connectivity index (χ3v) is 2.62. The van der Waals surface area contributed by atoms with Crippen LogP contribution < -0.4 is 5.32 Å². The van der Waals surface area contributed by atoms with Crippen LogP contribution in [0.2, 0.25) is 0 Å². The van der Waals surface area contributed by atoms with Crippen LogP contribution in [0.25, 0.3) is 0 Å². The van der Waals surface area contributed by atoms with Crippen LogP contribution >= 0.6 is 0 Å². The van der Waals surface area contributed by atoms with E-state index in [0.29, 0.717) is 6.61 Å². The standard InChI is InChI=1S/C11H15NO3/c1-2-14-11(13)12-9-4-3-5-10-8(9)6-7-15-10/h6-7,9H,2-5H2,1H3,(H,12,13). The number of furan rings is 1. The highest BCUT2D eigenvalue weighted by molar-refractivity contribution is 5.68. The van der Waals surface area contributed by atoms with Crippen LogP contribution in [0.5, 0.6) is 0 Å². The van der Waals surface area contributed by atoms with Gasteiger partial charge in [-0.05, 0) is 25.8 Å². The number of ether oxygens (including phenoxy) is 1. The first-order valence-electron chi connectivity index (χ1n) is 5.31. The van der Waals surface area contributed by atoms with Crippen LogP contribution in [-0.2, 0) is 11.2 Å². The van der Waals surface area contributed by atoms with Gasteiger partial charge in [-0.2, -0.15) is 0 Å². The maximum absolute atomic E-state index is 11.3. The van der Waals surface area contributed by atoms with Gasteiger partial charge in [-0.3, -0.25) is 0 Å². The summed E-state index contributed by atoms with van der Waals surface area (Å²) in [6.07, 6.45) is 4.28. The van der Waals surface area contributed by atoms with E-state index < -0.39 is 0 Å². The van der Waals surface area contributed by atoms with Gasteiger partial charge in [0, 0.05) is 12.0 Å². The van der Waals surface area contributed by atoms with Crippen LogP contribution in [0.1, 0.15) is 37.1 Å². The van der Waals surface area contributed by atoms with Gasteiger partial charge in [0.2, 0.25) is 0 Å². The Hall–Kier alpha value is -1.45. The average molecular weight is 209 g/mol. The molecule has 1 atom stereocenters. The molecule has 1 heterocycles. The molecule has 2 rings (SSSR count). The molecule has 0 aromatic carbocycles. The summed E-state index contributed by atoms with van der Waals surface area (Å²) < 4.78 is 10.2. The van der Waals surface area contributed by atoms with Crippen molar-refractivity contribution in [3.05, 3.63) is 23.7 Å². The quantitative estimate of drug-likeness (QED) is 0.813. The SMILES string of the molecule is CCOC(=O)NC1CCCc2occc21. The summed E-state index contributed by atoms with van der Waals surface area (Å²) >= 11 is 0. The van der Waals surface area contributed by atoms with Crippen molar-refractivity contribution in [2.24, 2.45) is 0 Å². The summed E-state index contributed by atoms with van der Waals surface area (Å²) in [4.78, 5) is 11.3. The summed E-state index contributed by atoms with van der Waals surface area (Å²) in [5, 5.41) is 2.84. The highest BCUT2D eigenvalue weighted by Crippen LogP contribution is 2.30. The number of rotatable bonds is 2. The molecule has 1 amide bonds. The smallest absolute Gasteiger partial charge is 0.407 e. The molecule has 0 spiro atoms. The fraction of sp³-hybridized carbons (Fsp3) is 0.545. The van der Waals surface area contributed by atoms with Gasteiger partial charge >= 0.3 is 6.09 Å². The summed E-state index contributed by atoms with van der Waals surface area (Å²) in [6, 6.07) is 1.97.